The number of imidazole rings is 1. The molecule has 102 valence electrons. The second kappa shape index (κ2) is 6.58. The first kappa shape index (κ1) is 13.9. The summed E-state index contributed by atoms with van der Waals surface area (Å²) in [6, 6.07) is 5.27. The van der Waals surface area contributed by atoms with E-state index in [2.05, 4.69) is 22.2 Å². The molecule has 3 N–H and O–H groups in total. The van der Waals surface area contributed by atoms with Gasteiger partial charge in [-0.05, 0) is 24.0 Å². The number of aromatic nitrogens is 2. The average molecular weight is 279 g/mol. The van der Waals surface area contributed by atoms with Crippen molar-refractivity contribution in [3.05, 3.63) is 29.6 Å². The highest BCUT2D eigenvalue weighted by molar-refractivity contribution is 7.99. The van der Waals surface area contributed by atoms with E-state index in [1.54, 1.807) is 30.0 Å². The number of aromatic amines is 1. The monoisotopic (exact) mass is 279 g/mol. The van der Waals surface area contributed by atoms with Gasteiger partial charge in [0.2, 0.25) is 0 Å². The van der Waals surface area contributed by atoms with E-state index in [1.807, 2.05) is 0 Å². The van der Waals surface area contributed by atoms with Crippen LogP contribution in [0, 0.1) is 0 Å². The Morgan fingerprint density at radius 3 is 3.11 bits per heavy atom. The van der Waals surface area contributed by atoms with Crippen molar-refractivity contribution in [2.75, 3.05) is 18.1 Å². The van der Waals surface area contributed by atoms with Crippen LogP contribution in [-0.2, 0) is 6.61 Å². The summed E-state index contributed by atoms with van der Waals surface area (Å²) in [7, 11) is 0. The van der Waals surface area contributed by atoms with Gasteiger partial charge in [-0.15, -0.1) is 0 Å². The number of aliphatic hydroxyl groups excluding tert-OH is 1. The number of benzene rings is 1. The van der Waals surface area contributed by atoms with Gasteiger partial charge >= 0.3 is 0 Å². The third-order valence-electron chi connectivity index (χ3n) is 2.68. The highest BCUT2D eigenvalue weighted by Gasteiger charge is 2.08. The van der Waals surface area contributed by atoms with E-state index in [4.69, 9.17) is 5.11 Å². The van der Waals surface area contributed by atoms with Crippen molar-refractivity contribution in [3.63, 3.8) is 0 Å². The maximum Gasteiger partial charge on any atom is 0.251 e. The molecule has 2 rings (SSSR count). The second-order valence-electron chi connectivity index (χ2n) is 4.03. The van der Waals surface area contributed by atoms with E-state index in [9.17, 15) is 4.79 Å². The maximum absolute atomic E-state index is 11.9. The normalized spacial score (nSPS) is 10.8. The van der Waals surface area contributed by atoms with Gasteiger partial charge in [-0.1, -0.05) is 6.92 Å². The zero-order valence-electron chi connectivity index (χ0n) is 10.8. The summed E-state index contributed by atoms with van der Waals surface area (Å²) >= 11 is 1.80. The molecule has 2 aromatic rings. The lowest BCUT2D eigenvalue weighted by molar-refractivity contribution is 0.0956. The first-order valence-corrected chi connectivity index (χ1v) is 7.35. The molecule has 0 saturated carbocycles. The molecule has 0 atom stereocenters. The first-order chi connectivity index (χ1) is 9.24. The van der Waals surface area contributed by atoms with E-state index in [0.717, 1.165) is 22.5 Å². The van der Waals surface area contributed by atoms with Gasteiger partial charge in [0.05, 0.1) is 11.0 Å². The maximum atomic E-state index is 11.9. The largest absolute Gasteiger partial charge is 0.388 e. The lowest BCUT2D eigenvalue weighted by Crippen LogP contribution is -2.25. The van der Waals surface area contributed by atoms with Gasteiger partial charge in [0.15, 0.2) is 0 Å². The van der Waals surface area contributed by atoms with Crippen LogP contribution in [0.5, 0.6) is 0 Å². The summed E-state index contributed by atoms with van der Waals surface area (Å²) in [5.41, 5.74) is 2.11. The SMILES string of the molecule is CCSCCNC(=O)c1ccc2nc(CO)[nH]c2c1. The van der Waals surface area contributed by atoms with E-state index in [1.165, 1.54) is 0 Å². The highest BCUT2D eigenvalue weighted by atomic mass is 32.2. The zero-order chi connectivity index (χ0) is 13.7. The molecule has 1 aromatic carbocycles. The third kappa shape index (κ3) is 3.48. The van der Waals surface area contributed by atoms with Crippen LogP contribution in [-0.4, -0.2) is 39.0 Å². The molecule has 5 nitrogen and oxygen atoms in total. The number of nitrogens with one attached hydrogen (secondary N) is 2. The topological polar surface area (TPSA) is 78.0 Å². The number of H-pyrrole nitrogens is 1. The molecular weight excluding hydrogens is 262 g/mol. The van der Waals surface area contributed by atoms with Crippen molar-refractivity contribution >= 4 is 28.7 Å². The summed E-state index contributed by atoms with van der Waals surface area (Å²) in [5.74, 6) is 2.40. The molecule has 0 bridgehead atoms. The summed E-state index contributed by atoms with van der Waals surface area (Å²) < 4.78 is 0. The number of fused-ring (bicyclic) bond motifs is 1. The van der Waals surface area contributed by atoms with Crippen LogP contribution in [0.25, 0.3) is 11.0 Å². The van der Waals surface area contributed by atoms with Gasteiger partial charge < -0.3 is 15.4 Å². The van der Waals surface area contributed by atoms with Gasteiger partial charge in [-0.25, -0.2) is 4.98 Å². The third-order valence-corrected chi connectivity index (χ3v) is 3.58. The zero-order valence-corrected chi connectivity index (χ0v) is 11.6. The van der Waals surface area contributed by atoms with Gasteiger partial charge in [-0.2, -0.15) is 11.8 Å². The number of thioether (sulfide) groups is 1. The number of amides is 1. The molecule has 1 heterocycles. The number of aliphatic hydroxyl groups is 1. The number of carbonyl (C=O) groups excluding carboxylic acids is 1. The lowest BCUT2D eigenvalue weighted by Gasteiger charge is -2.04. The Balaban J connectivity index is 2.05. The van der Waals surface area contributed by atoms with Gasteiger partial charge in [0.25, 0.3) is 5.91 Å². The standard InChI is InChI=1S/C13H17N3O2S/c1-2-19-6-5-14-13(18)9-3-4-10-11(7-9)16-12(8-17)15-10/h3-4,7,17H,2,5-6,8H2,1H3,(H,14,18)(H,15,16). The second-order valence-corrected chi connectivity index (χ2v) is 5.42. The fraction of sp³-hybridized carbons (Fsp3) is 0.385. The van der Waals surface area contributed by atoms with E-state index >= 15 is 0 Å². The number of carbonyl (C=O) groups is 1. The van der Waals surface area contributed by atoms with Crippen LogP contribution in [0.1, 0.15) is 23.1 Å². The van der Waals surface area contributed by atoms with Crippen LogP contribution in [0.15, 0.2) is 18.2 Å². The lowest BCUT2D eigenvalue weighted by atomic mass is 10.2. The van der Waals surface area contributed by atoms with Gasteiger partial charge in [0, 0.05) is 17.9 Å². The summed E-state index contributed by atoms with van der Waals surface area (Å²) in [4.78, 5) is 19.1. The highest BCUT2D eigenvalue weighted by Crippen LogP contribution is 2.14. The van der Waals surface area contributed by atoms with Crippen molar-refractivity contribution in [2.24, 2.45) is 0 Å². The molecule has 0 aliphatic carbocycles. The molecular formula is C13H17N3O2S. The summed E-state index contributed by atoms with van der Waals surface area (Å²) in [6.45, 7) is 2.63. The summed E-state index contributed by atoms with van der Waals surface area (Å²) in [5, 5.41) is 11.9. The fourth-order valence-corrected chi connectivity index (χ4v) is 2.30. The minimum Gasteiger partial charge on any atom is -0.388 e. The van der Waals surface area contributed by atoms with Gasteiger partial charge in [0.1, 0.15) is 12.4 Å². The number of nitrogens with zero attached hydrogens (tertiary/aromatic N) is 1. The minimum absolute atomic E-state index is 0.0845. The molecule has 0 saturated heterocycles. The van der Waals surface area contributed by atoms with Crippen molar-refractivity contribution < 1.29 is 9.90 Å². The van der Waals surface area contributed by atoms with Crippen molar-refractivity contribution in [1.29, 1.82) is 0 Å². The number of rotatable bonds is 6. The molecule has 0 aliphatic rings. The predicted molar refractivity (Wildman–Crippen MR) is 77.3 cm³/mol. The van der Waals surface area contributed by atoms with E-state index < -0.39 is 0 Å². The molecule has 0 fully saturated rings. The fourth-order valence-electron chi connectivity index (χ4n) is 1.76. The Hall–Kier alpha value is -1.53. The van der Waals surface area contributed by atoms with Crippen LogP contribution in [0.2, 0.25) is 0 Å². The average Bonchev–Trinajstić information content (AvgIpc) is 2.85. The van der Waals surface area contributed by atoms with Crippen molar-refractivity contribution in [2.45, 2.75) is 13.5 Å². The Bertz CT molecular complexity index is 568. The molecule has 1 aromatic heterocycles. The predicted octanol–water partition coefficient (Wildman–Crippen LogP) is 1.54. The van der Waals surface area contributed by atoms with Crippen LogP contribution in [0.4, 0.5) is 0 Å². The molecule has 1 amide bonds. The molecule has 0 aliphatic heterocycles. The molecule has 0 radical (unpaired) electrons. The molecule has 6 heteroatoms. The number of hydrogen-bond acceptors (Lipinski definition) is 4. The Labute approximate surface area is 115 Å². The minimum atomic E-state index is -0.134. The van der Waals surface area contributed by atoms with Crippen LogP contribution in [0.3, 0.4) is 0 Å². The molecule has 19 heavy (non-hydrogen) atoms. The van der Waals surface area contributed by atoms with Crippen molar-refractivity contribution in [1.82, 2.24) is 15.3 Å². The Kier molecular flexibility index (Phi) is 4.81. The van der Waals surface area contributed by atoms with Crippen LogP contribution < -0.4 is 5.32 Å². The van der Waals surface area contributed by atoms with Gasteiger partial charge in [-0.3, -0.25) is 4.79 Å². The molecule has 0 spiro atoms. The Morgan fingerprint density at radius 1 is 1.53 bits per heavy atom. The summed E-state index contributed by atoms with van der Waals surface area (Å²) in [6.07, 6.45) is 0. The van der Waals surface area contributed by atoms with Crippen LogP contribution >= 0.6 is 11.8 Å². The Morgan fingerprint density at radius 2 is 2.37 bits per heavy atom. The number of hydrogen-bond donors (Lipinski definition) is 3. The molecule has 0 unspecified atom stereocenters. The van der Waals surface area contributed by atoms with Crippen molar-refractivity contribution in [3.8, 4) is 0 Å². The quantitative estimate of drug-likeness (QED) is 0.701. The smallest absolute Gasteiger partial charge is 0.251 e. The van der Waals surface area contributed by atoms with E-state index in [0.29, 0.717) is 17.9 Å². The first-order valence-electron chi connectivity index (χ1n) is 6.20. The van der Waals surface area contributed by atoms with E-state index in [-0.39, 0.29) is 12.5 Å².